The van der Waals surface area contributed by atoms with Crippen LogP contribution in [0.25, 0.3) is 0 Å². The van der Waals surface area contributed by atoms with Crippen LogP contribution in [0.5, 0.6) is 0 Å². The summed E-state index contributed by atoms with van der Waals surface area (Å²) in [7, 11) is -2.95. The first kappa shape index (κ1) is 13.5. The second-order valence-corrected chi connectivity index (χ2v) is 7.35. The third-order valence-electron chi connectivity index (χ3n) is 3.71. The maximum atomic E-state index is 12.9. The van der Waals surface area contributed by atoms with E-state index in [4.69, 9.17) is 0 Å². The van der Waals surface area contributed by atoms with Crippen LogP contribution in [-0.4, -0.2) is 33.0 Å². The van der Waals surface area contributed by atoms with Crippen LogP contribution in [0.2, 0.25) is 0 Å². The van der Waals surface area contributed by atoms with Gasteiger partial charge >= 0.3 is 0 Å². The van der Waals surface area contributed by atoms with Gasteiger partial charge < -0.3 is 5.32 Å². The van der Waals surface area contributed by atoms with Crippen LogP contribution in [0.3, 0.4) is 0 Å². The van der Waals surface area contributed by atoms with Crippen LogP contribution in [0.15, 0.2) is 24.3 Å². The Morgan fingerprint density at radius 1 is 1.28 bits per heavy atom. The van der Waals surface area contributed by atoms with Gasteiger partial charge in [0.05, 0.1) is 5.75 Å². The molecule has 0 aliphatic carbocycles. The van der Waals surface area contributed by atoms with Gasteiger partial charge in [-0.05, 0) is 24.1 Å². The minimum atomic E-state index is -2.95. The average Bonchev–Trinajstić information content (AvgIpc) is 2.30. The van der Waals surface area contributed by atoms with E-state index in [0.29, 0.717) is 6.42 Å². The normalized spacial score (nSPS) is 18.3. The summed E-state index contributed by atoms with van der Waals surface area (Å²) in [5, 5.41) is 3.18. The summed E-state index contributed by atoms with van der Waals surface area (Å²) < 4.78 is 36.1. The van der Waals surface area contributed by atoms with Crippen molar-refractivity contribution >= 4 is 9.84 Å². The predicted molar refractivity (Wildman–Crippen MR) is 69.9 cm³/mol. The summed E-state index contributed by atoms with van der Waals surface area (Å²) in [4.78, 5) is 0. The standard InChI is InChI=1S/C13H18FNO2S/c1-2-18(16,17)8-7-13(9-15-10-13)11-3-5-12(14)6-4-11/h3-6,15H,2,7-10H2,1H3. The van der Waals surface area contributed by atoms with E-state index in [2.05, 4.69) is 5.32 Å². The molecule has 2 rings (SSSR count). The number of sulfone groups is 1. The number of nitrogens with one attached hydrogen (secondary N) is 1. The monoisotopic (exact) mass is 271 g/mol. The topological polar surface area (TPSA) is 46.2 Å². The zero-order valence-corrected chi connectivity index (χ0v) is 11.3. The molecule has 18 heavy (non-hydrogen) atoms. The lowest BCUT2D eigenvalue weighted by atomic mass is 9.73. The molecule has 100 valence electrons. The van der Waals surface area contributed by atoms with Gasteiger partial charge in [0.25, 0.3) is 0 Å². The van der Waals surface area contributed by atoms with Crippen molar-refractivity contribution in [2.75, 3.05) is 24.6 Å². The molecule has 0 aromatic heterocycles. The highest BCUT2D eigenvalue weighted by molar-refractivity contribution is 7.91. The van der Waals surface area contributed by atoms with Crippen LogP contribution in [0.1, 0.15) is 18.9 Å². The van der Waals surface area contributed by atoms with E-state index in [1.54, 1.807) is 19.1 Å². The Morgan fingerprint density at radius 2 is 1.89 bits per heavy atom. The third kappa shape index (κ3) is 2.72. The summed E-state index contributed by atoms with van der Waals surface area (Å²) in [6.07, 6.45) is 0.599. The van der Waals surface area contributed by atoms with Crippen LogP contribution < -0.4 is 5.32 Å². The molecule has 1 N–H and O–H groups in total. The Balaban J connectivity index is 2.14. The smallest absolute Gasteiger partial charge is 0.150 e. The molecule has 1 aliphatic rings. The molecule has 1 aromatic carbocycles. The zero-order valence-electron chi connectivity index (χ0n) is 10.4. The Labute approximate surface area is 107 Å². The van der Waals surface area contributed by atoms with Crippen LogP contribution in [-0.2, 0) is 15.3 Å². The molecule has 0 saturated carbocycles. The fourth-order valence-corrected chi connectivity index (χ4v) is 3.24. The summed E-state index contributed by atoms with van der Waals surface area (Å²) in [6.45, 7) is 3.19. The van der Waals surface area contributed by atoms with Gasteiger partial charge in [-0.2, -0.15) is 0 Å². The lowest BCUT2D eigenvalue weighted by molar-refractivity contribution is 0.268. The van der Waals surface area contributed by atoms with Crippen LogP contribution in [0, 0.1) is 5.82 Å². The van der Waals surface area contributed by atoms with Crippen molar-refractivity contribution in [3.8, 4) is 0 Å². The fourth-order valence-electron chi connectivity index (χ4n) is 2.25. The average molecular weight is 271 g/mol. The number of hydrogen-bond donors (Lipinski definition) is 1. The van der Waals surface area contributed by atoms with Crippen molar-refractivity contribution in [1.82, 2.24) is 5.32 Å². The fraction of sp³-hybridized carbons (Fsp3) is 0.538. The Hall–Kier alpha value is -0.940. The van der Waals surface area contributed by atoms with Crippen LogP contribution in [0.4, 0.5) is 4.39 Å². The van der Waals surface area contributed by atoms with Gasteiger partial charge in [-0.15, -0.1) is 0 Å². The summed E-state index contributed by atoms with van der Waals surface area (Å²) >= 11 is 0. The third-order valence-corrected chi connectivity index (χ3v) is 5.42. The van der Waals surface area contributed by atoms with E-state index in [0.717, 1.165) is 18.7 Å². The van der Waals surface area contributed by atoms with Crippen molar-refractivity contribution < 1.29 is 12.8 Å². The summed E-state index contributed by atoms with van der Waals surface area (Å²) in [6, 6.07) is 6.39. The van der Waals surface area contributed by atoms with E-state index >= 15 is 0 Å². The molecule has 0 unspecified atom stereocenters. The van der Waals surface area contributed by atoms with Gasteiger partial charge in [0, 0.05) is 24.3 Å². The molecule has 0 amide bonds. The first-order valence-electron chi connectivity index (χ1n) is 6.15. The molecule has 0 bridgehead atoms. The quantitative estimate of drug-likeness (QED) is 0.882. The molecule has 0 radical (unpaired) electrons. The lowest BCUT2D eigenvalue weighted by Crippen LogP contribution is -2.57. The predicted octanol–water partition coefficient (Wildman–Crippen LogP) is 1.49. The second kappa shape index (κ2) is 4.97. The number of halogens is 1. The second-order valence-electron chi connectivity index (χ2n) is 4.88. The number of benzene rings is 1. The van der Waals surface area contributed by atoms with Gasteiger partial charge in [-0.1, -0.05) is 19.1 Å². The molecule has 1 saturated heterocycles. The Kier molecular flexibility index (Phi) is 3.73. The molecule has 1 aliphatic heterocycles. The maximum Gasteiger partial charge on any atom is 0.150 e. The molecule has 3 nitrogen and oxygen atoms in total. The first-order chi connectivity index (χ1) is 8.47. The van der Waals surface area contributed by atoms with Crippen molar-refractivity contribution in [3.05, 3.63) is 35.6 Å². The van der Waals surface area contributed by atoms with E-state index < -0.39 is 9.84 Å². The lowest BCUT2D eigenvalue weighted by Gasteiger charge is -2.43. The molecule has 0 atom stereocenters. The molecule has 5 heteroatoms. The summed E-state index contributed by atoms with van der Waals surface area (Å²) in [5.41, 5.74) is 0.879. The van der Waals surface area contributed by atoms with Crippen molar-refractivity contribution in [3.63, 3.8) is 0 Å². The van der Waals surface area contributed by atoms with E-state index in [9.17, 15) is 12.8 Å². The summed E-state index contributed by atoms with van der Waals surface area (Å²) in [5.74, 6) is 0.116. The van der Waals surface area contributed by atoms with Gasteiger partial charge in [0.2, 0.25) is 0 Å². The Bertz CT molecular complexity index is 506. The van der Waals surface area contributed by atoms with Gasteiger partial charge in [-0.3, -0.25) is 0 Å². The maximum absolute atomic E-state index is 12.9. The highest BCUT2D eigenvalue weighted by atomic mass is 32.2. The van der Waals surface area contributed by atoms with Gasteiger partial charge in [0.1, 0.15) is 15.7 Å². The van der Waals surface area contributed by atoms with Crippen LogP contribution >= 0.6 is 0 Å². The molecule has 1 fully saturated rings. The Morgan fingerprint density at radius 3 is 2.33 bits per heavy atom. The van der Waals surface area contributed by atoms with E-state index in [1.165, 1.54) is 12.1 Å². The molecular formula is C13H18FNO2S. The minimum absolute atomic E-state index is 0.143. The number of hydrogen-bond acceptors (Lipinski definition) is 3. The van der Waals surface area contributed by atoms with E-state index in [1.807, 2.05) is 0 Å². The van der Waals surface area contributed by atoms with Crippen molar-refractivity contribution in [2.24, 2.45) is 0 Å². The van der Waals surface area contributed by atoms with Crippen molar-refractivity contribution in [2.45, 2.75) is 18.8 Å². The molecule has 0 spiro atoms. The molecule has 1 heterocycles. The minimum Gasteiger partial charge on any atom is -0.315 e. The first-order valence-corrected chi connectivity index (χ1v) is 7.97. The van der Waals surface area contributed by atoms with Gasteiger partial charge in [0.15, 0.2) is 0 Å². The highest BCUT2D eigenvalue weighted by Crippen LogP contribution is 2.32. The van der Waals surface area contributed by atoms with Crippen molar-refractivity contribution in [1.29, 1.82) is 0 Å². The van der Waals surface area contributed by atoms with Gasteiger partial charge in [-0.25, -0.2) is 12.8 Å². The molecular weight excluding hydrogens is 253 g/mol. The SMILES string of the molecule is CCS(=O)(=O)CCC1(c2ccc(F)cc2)CNC1. The number of rotatable bonds is 5. The zero-order chi connectivity index (χ0) is 13.2. The highest BCUT2D eigenvalue weighted by Gasteiger charge is 2.39. The molecule has 1 aromatic rings. The van der Waals surface area contributed by atoms with E-state index in [-0.39, 0.29) is 22.7 Å². The largest absolute Gasteiger partial charge is 0.315 e.